The van der Waals surface area contributed by atoms with E-state index < -0.39 is 11.6 Å². The first-order chi connectivity index (χ1) is 14.0. The van der Waals surface area contributed by atoms with Crippen molar-refractivity contribution in [2.75, 3.05) is 18.4 Å². The van der Waals surface area contributed by atoms with E-state index in [1.165, 1.54) is 6.26 Å². The Kier molecular flexibility index (Phi) is 5.39. The highest BCUT2D eigenvalue weighted by Crippen LogP contribution is 2.28. The zero-order valence-electron chi connectivity index (χ0n) is 15.2. The monoisotopic (exact) mass is 417 g/mol. The van der Waals surface area contributed by atoms with Gasteiger partial charge in [-0.1, -0.05) is 0 Å². The Morgan fingerprint density at radius 3 is 2.72 bits per heavy atom. The van der Waals surface area contributed by atoms with Gasteiger partial charge in [-0.2, -0.15) is 0 Å². The number of thiazole rings is 1. The van der Waals surface area contributed by atoms with Crippen LogP contribution in [-0.4, -0.2) is 34.8 Å². The van der Waals surface area contributed by atoms with Gasteiger partial charge in [0.05, 0.1) is 12.0 Å². The van der Waals surface area contributed by atoms with Crippen LogP contribution in [0.4, 0.5) is 13.9 Å². The predicted octanol–water partition coefficient (Wildman–Crippen LogP) is 4.17. The number of aromatic nitrogens is 1. The molecular weight excluding hydrogens is 400 g/mol. The first-order valence-corrected chi connectivity index (χ1v) is 9.94. The highest BCUT2D eigenvalue weighted by Gasteiger charge is 2.29. The van der Waals surface area contributed by atoms with E-state index in [9.17, 15) is 18.4 Å². The molecule has 4 rings (SSSR count). The fourth-order valence-corrected chi connectivity index (χ4v) is 3.97. The molecular formula is C20H17F2N3O3S. The van der Waals surface area contributed by atoms with Crippen LogP contribution in [0.25, 0.3) is 11.3 Å². The van der Waals surface area contributed by atoms with E-state index >= 15 is 0 Å². The van der Waals surface area contributed by atoms with Crippen molar-refractivity contribution in [3.63, 3.8) is 0 Å². The van der Waals surface area contributed by atoms with Crippen LogP contribution in [0.2, 0.25) is 0 Å². The van der Waals surface area contributed by atoms with Gasteiger partial charge in [-0.15, -0.1) is 11.3 Å². The summed E-state index contributed by atoms with van der Waals surface area (Å²) in [7, 11) is 0. The third-order valence-electron chi connectivity index (χ3n) is 4.82. The van der Waals surface area contributed by atoms with E-state index in [2.05, 4.69) is 10.3 Å². The zero-order valence-corrected chi connectivity index (χ0v) is 16.0. The third kappa shape index (κ3) is 4.19. The lowest BCUT2D eigenvalue weighted by molar-refractivity contribution is -0.121. The molecule has 1 saturated heterocycles. The maximum absolute atomic E-state index is 13.9. The summed E-state index contributed by atoms with van der Waals surface area (Å²) < 4.78 is 32.4. The highest BCUT2D eigenvalue weighted by molar-refractivity contribution is 7.14. The number of furan rings is 1. The number of hydrogen-bond acceptors (Lipinski definition) is 5. The maximum atomic E-state index is 13.9. The second kappa shape index (κ2) is 8.12. The van der Waals surface area contributed by atoms with Crippen molar-refractivity contribution in [3.8, 4) is 11.3 Å². The molecule has 0 saturated carbocycles. The Morgan fingerprint density at radius 1 is 1.21 bits per heavy atom. The van der Waals surface area contributed by atoms with Crippen LogP contribution < -0.4 is 5.32 Å². The normalized spacial score (nSPS) is 14.8. The fraction of sp³-hybridized carbons (Fsp3) is 0.250. The molecule has 1 aromatic carbocycles. The minimum atomic E-state index is -0.580. The summed E-state index contributed by atoms with van der Waals surface area (Å²) >= 11 is 1.15. The number of anilines is 1. The summed E-state index contributed by atoms with van der Waals surface area (Å²) in [5.74, 6) is -1.49. The van der Waals surface area contributed by atoms with Crippen LogP contribution in [0.5, 0.6) is 0 Å². The van der Waals surface area contributed by atoms with Gasteiger partial charge in [-0.25, -0.2) is 13.8 Å². The number of halogens is 2. The number of amides is 2. The molecule has 0 radical (unpaired) electrons. The minimum absolute atomic E-state index is 0.0477. The molecule has 2 aromatic heterocycles. The molecule has 150 valence electrons. The lowest BCUT2D eigenvalue weighted by Gasteiger charge is -2.30. The van der Waals surface area contributed by atoms with Crippen molar-refractivity contribution in [2.45, 2.75) is 12.8 Å². The van der Waals surface area contributed by atoms with Crippen molar-refractivity contribution < 1.29 is 22.8 Å². The fourth-order valence-electron chi connectivity index (χ4n) is 3.26. The first kappa shape index (κ1) is 19.3. The quantitative estimate of drug-likeness (QED) is 0.691. The number of carbonyl (C=O) groups is 2. The van der Waals surface area contributed by atoms with E-state index in [0.717, 1.165) is 29.5 Å². The SMILES string of the molecule is O=C(Nc1nc(-c2cc(F)ccc2F)cs1)C1CCN(C(=O)c2ccco2)CC1. The molecule has 6 nitrogen and oxygen atoms in total. The molecule has 0 spiro atoms. The van der Waals surface area contributed by atoms with Crippen LogP contribution in [-0.2, 0) is 4.79 Å². The number of carbonyl (C=O) groups excluding carboxylic acids is 2. The Labute approximate surface area is 169 Å². The Hall–Kier alpha value is -3.07. The van der Waals surface area contributed by atoms with Gasteiger partial charge in [0.2, 0.25) is 5.91 Å². The average molecular weight is 417 g/mol. The molecule has 0 unspecified atom stereocenters. The molecule has 3 heterocycles. The van der Waals surface area contributed by atoms with Crippen LogP contribution in [0.15, 0.2) is 46.4 Å². The maximum Gasteiger partial charge on any atom is 0.289 e. The summed E-state index contributed by atoms with van der Waals surface area (Å²) in [6, 6.07) is 6.42. The summed E-state index contributed by atoms with van der Waals surface area (Å²) in [4.78, 5) is 30.7. The molecule has 3 aromatic rings. The molecule has 0 bridgehead atoms. The number of likely N-dealkylation sites (tertiary alicyclic amines) is 1. The molecule has 0 aliphatic carbocycles. The molecule has 1 aliphatic heterocycles. The van der Waals surface area contributed by atoms with E-state index in [1.807, 2.05) is 0 Å². The summed E-state index contributed by atoms with van der Waals surface area (Å²) in [6.45, 7) is 0.907. The second-order valence-corrected chi connectivity index (χ2v) is 7.55. The minimum Gasteiger partial charge on any atom is -0.459 e. The molecule has 0 atom stereocenters. The number of hydrogen-bond donors (Lipinski definition) is 1. The molecule has 1 aliphatic rings. The third-order valence-corrected chi connectivity index (χ3v) is 5.58. The number of nitrogens with one attached hydrogen (secondary N) is 1. The number of piperidine rings is 1. The second-order valence-electron chi connectivity index (χ2n) is 6.70. The predicted molar refractivity (Wildman–Crippen MR) is 103 cm³/mol. The molecule has 29 heavy (non-hydrogen) atoms. The van der Waals surface area contributed by atoms with Crippen LogP contribution in [0.1, 0.15) is 23.4 Å². The van der Waals surface area contributed by atoms with Gasteiger partial charge in [0, 0.05) is 30.0 Å². The molecule has 1 fully saturated rings. The van der Waals surface area contributed by atoms with Crippen LogP contribution >= 0.6 is 11.3 Å². The number of benzene rings is 1. The lowest BCUT2D eigenvalue weighted by Crippen LogP contribution is -2.41. The van der Waals surface area contributed by atoms with Gasteiger partial charge >= 0.3 is 0 Å². The van der Waals surface area contributed by atoms with Gasteiger partial charge in [-0.3, -0.25) is 9.59 Å². The first-order valence-electron chi connectivity index (χ1n) is 9.06. The Bertz CT molecular complexity index is 1030. The van der Waals surface area contributed by atoms with Crippen LogP contribution in [0, 0.1) is 17.6 Å². The largest absolute Gasteiger partial charge is 0.459 e. The van der Waals surface area contributed by atoms with Crippen molar-refractivity contribution in [3.05, 3.63) is 59.4 Å². The van der Waals surface area contributed by atoms with Crippen molar-refractivity contribution in [1.29, 1.82) is 0 Å². The van der Waals surface area contributed by atoms with Gasteiger partial charge < -0.3 is 14.6 Å². The van der Waals surface area contributed by atoms with E-state index in [0.29, 0.717) is 31.1 Å². The van der Waals surface area contributed by atoms with E-state index in [-0.39, 0.29) is 34.7 Å². The number of nitrogens with zero attached hydrogens (tertiary/aromatic N) is 2. The average Bonchev–Trinajstić information content (AvgIpc) is 3.42. The van der Waals surface area contributed by atoms with Crippen LogP contribution in [0.3, 0.4) is 0 Å². The van der Waals surface area contributed by atoms with Gasteiger partial charge in [0.1, 0.15) is 11.6 Å². The Balaban J connectivity index is 1.35. The number of rotatable bonds is 4. The molecule has 2 amide bonds. The van der Waals surface area contributed by atoms with Gasteiger partial charge in [0.25, 0.3) is 5.91 Å². The Morgan fingerprint density at radius 2 is 2.00 bits per heavy atom. The lowest BCUT2D eigenvalue weighted by atomic mass is 9.96. The van der Waals surface area contributed by atoms with E-state index in [4.69, 9.17) is 4.42 Å². The van der Waals surface area contributed by atoms with Gasteiger partial charge in [-0.05, 0) is 43.2 Å². The molecule has 9 heteroatoms. The smallest absolute Gasteiger partial charge is 0.289 e. The summed E-state index contributed by atoms with van der Waals surface area (Å²) in [6.07, 6.45) is 2.50. The van der Waals surface area contributed by atoms with Gasteiger partial charge in [0.15, 0.2) is 10.9 Å². The molecule has 1 N–H and O–H groups in total. The summed E-state index contributed by atoms with van der Waals surface area (Å²) in [5.41, 5.74) is 0.313. The zero-order chi connectivity index (χ0) is 20.4. The standard InChI is InChI=1S/C20H17F2N3O3S/c21-13-3-4-15(22)14(10-13)16-11-29-20(23-16)24-18(26)12-5-7-25(8-6-12)19(27)17-2-1-9-28-17/h1-4,9-12H,5-8H2,(H,23,24,26). The van der Waals surface area contributed by atoms with Crippen molar-refractivity contribution in [1.82, 2.24) is 9.88 Å². The highest BCUT2D eigenvalue weighted by atomic mass is 32.1. The van der Waals surface area contributed by atoms with E-state index in [1.54, 1.807) is 22.4 Å². The topological polar surface area (TPSA) is 75.4 Å². The van der Waals surface area contributed by atoms with Crippen molar-refractivity contribution >= 4 is 28.3 Å². The van der Waals surface area contributed by atoms with Crippen molar-refractivity contribution in [2.24, 2.45) is 5.92 Å². The summed E-state index contributed by atoms with van der Waals surface area (Å²) in [5, 5.41) is 4.63.